The van der Waals surface area contributed by atoms with Gasteiger partial charge in [0.15, 0.2) is 5.96 Å². The number of hydrogen-bond acceptors (Lipinski definition) is 2. The monoisotopic (exact) mass is 355 g/mol. The largest absolute Gasteiger partial charge is 0.379 e. The molecule has 1 aliphatic carbocycles. The van der Waals surface area contributed by atoms with E-state index in [4.69, 9.17) is 4.74 Å². The van der Waals surface area contributed by atoms with E-state index in [1.807, 2.05) is 7.05 Å². The smallest absolute Gasteiger partial charge is 0.190 e. The maximum atomic E-state index is 5.47. The third-order valence-corrected chi connectivity index (χ3v) is 2.54. The van der Waals surface area contributed by atoms with Crippen molar-refractivity contribution in [3.63, 3.8) is 0 Å². The Labute approximate surface area is 122 Å². The average molecular weight is 355 g/mol. The topological polar surface area (TPSA) is 45.7 Å². The number of ether oxygens (including phenoxy) is 1. The summed E-state index contributed by atoms with van der Waals surface area (Å²) < 4.78 is 5.47. The Bertz CT molecular complexity index is 218. The van der Waals surface area contributed by atoms with Crippen LogP contribution in [0.3, 0.4) is 0 Å². The maximum absolute atomic E-state index is 5.47. The van der Waals surface area contributed by atoms with Crippen molar-refractivity contribution in [2.75, 3.05) is 26.7 Å². The van der Waals surface area contributed by atoms with Crippen LogP contribution in [0.2, 0.25) is 0 Å². The highest BCUT2D eigenvalue weighted by atomic mass is 127. The lowest BCUT2D eigenvalue weighted by atomic mass is 10.4. The molecule has 0 radical (unpaired) electrons. The fourth-order valence-corrected chi connectivity index (χ4v) is 1.38. The summed E-state index contributed by atoms with van der Waals surface area (Å²) in [4.78, 5) is 4.17. The van der Waals surface area contributed by atoms with E-state index in [9.17, 15) is 0 Å². The third kappa shape index (κ3) is 9.64. The van der Waals surface area contributed by atoms with E-state index in [2.05, 4.69) is 29.5 Å². The standard InChI is InChI=1S/C12H25N3O.HI/c1-10(2)16-8-4-7-14-12(13-3)15-9-11-5-6-11;/h10-11H,4-9H2,1-3H3,(H2,13,14,15);1H. The molecule has 1 fully saturated rings. The van der Waals surface area contributed by atoms with E-state index < -0.39 is 0 Å². The molecule has 17 heavy (non-hydrogen) atoms. The van der Waals surface area contributed by atoms with E-state index in [1.165, 1.54) is 12.8 Å². The number of halogens is 1. The number of rotatable bonds is 7. The summed E-state index contributed by atoms with van der Waals surface area (Å²) in [7, 11) is 1.81. The molecule has 102 valence electrons. The molecule has 0 bridgehead atoms. The molecule has 0 amide bonds. The molecule has 1 saturated carbocycles. The average Bonchev–Trinajstić information content (AvgIpc) is 3.05. The van der Waals surface area contributed by atoms with Crippen molar-refractivity contribution < 1.29 is 4.74 Å². The highest BCUT2D eigenvalue weighted by molar-refractivity contribution is 14.0. The number of aliphatic imine (C=N–C) groups is 1. The molecule has 0 heterocycles. The number of nitrogens with one attached hydrogen (secondary N) is 2. The molecule has 1 rings (SSSR count). The molecule has 0 aromatic rings. The van der Waals surface area contributed by atoms with Gasteiger partial charge in [-0.3, -0.25) is 4.99 Å². The Kier molecular flexibility index (Phi) is 9.91. The zero-order valence-corrected chi connectivity index (χ0v) is 13.5. The summed E-state index contributed by atoms with van der Waals surface area (Å²) in [6, 6.07) is 0. The Hall–Kier alpha value is -0.0400. The van der Waals surface area contributed by atoms with E-state index in [0.29, 0.717) is 6.10 Å². The van der Waals surface area contributed by atoms with Crippen molar-refractivity contribution in [1.82, 2.24) is 10.6 Å². The van der Waals surface area contributed by atoms with Crippen molar-refractivity contribution in [3.8, 4) is 0 Å². The predicted octanol–water partition coefficient (Wildman–Crippen LogP) is 1.99. The summed E-state index contributed by atoms with van der Waals surface area (Å²) in [5, 5.41) is 6.61. The fraction of sp³-hybridized carbons (Fsp3) is 0.917. The molecule has 0 spiro atoms. The zero-order chi connectivity index (χ0) is 11.8. The first-order valence-electron chi connectivity index (χ1n) is 6.28. The molecular formula is C12H26IN3O. The first-order chi connectivity index (χ1) is 7.72. The van der Waals surface area contributed by atoms with E-state index in [-0.39, 0.29) is 24.0 Å². The van der Waals surface area contributed by atoms with Gasteiger partial charge < -0.3 is 15.4 Å². The predicted molar refractivity (Wildman–Crippen MR) is 83.2 cm³/mol. The Balaban J connectivity index is 0.00000256. The Morgan fingerprint density at radius 3 is 2.59 bits per heavy atom. The van der Waals surface area contributed by atoms with Crippen LogP contribution in [0.4, 0.5) is 0 Å². The van der Waals surface area contributed by atoms with Crippen LogP contribution < -0.4 is 10.6 Å². The van der Waals surface area contributed by atoms with Gasteiger partial charge in [-0.1, -0.05) is 0 Å². The van der Waals surface area contributed by atoms with Gasteiger partial charge >= 0.3 is 0 Å². The molecule has 2 N–H and O–H groups in total. The molecule has 0 saturated heterocycles. The molecule has 0 atom stereocenters. The maximum Gasteiger partial charge on any atom is 0.190 e. The van der Waals surface area contributed by atoms with E-state index in [0.717, 1.165) is 38.0 Å². The van der Waals surface area contributed by atoms with Gasteiger partial charge in [0.1, 0.15) is 0 Å². The van der Waals surface area contributed by atoms with Crippen LogP contribution in [-0.4, -0.2) is 38.8 Å². The van der Waals surface area contributed by atoms with Crippen molar-refractivity contribution >= 4 is 29.9 Å². The molecule has 5 heteroatoms. The SMILES string of the molecule is CN=C(NCCCOC(C)C)NCC1CC1.I. The minimum Gasteiger partial charge on any atom is -0.379 e. The minimum absolute atomic E-state index is 0. The zero-order valence-electron chi connectivity index (χ0n) is 11.2. The van der Waals surface area contributed by atoms with Crippen LogP contribution in [0.25, 0.3) is 0 Å². The van der Waals surface area contributed by atoms with Crippen molar-refractivity contribution in [2.24, 2.45) is 10.9 Å². The van der Waals surface area contributed by atoms with Gasteiger partial charge in [0.25, 0.3) is 0 Å². The van der Waals surface area contributed by atoms with Gasteiger partial charge in [-0.25, -0.2) is 0 Å². The van der Waals surface area contributed by atoms with Gasteiger partial charge in [0.05, 0.1) is 6.10 Å². The van der Waals surface area contributed by atoms with Gasteiger partial charge in [0.2, 0.25) is 0 Å². The highest BCUT2D eigenvalue weighted by Gasteiger charge is 2.20. The summed E-state index contributed by atoms with van der Waals surface area (Å²) in [6.07, 6.45) is 4.08. The Morgan fingerprint density at radius 1 is 1.35 bits per heavy atom. The van der Waals surface area contributed by atoms with Crippen LogP contribution >= 0.6 is 24.0 Å². The molecule has 4 nitrogen and oxygen atoms in total. The molecular weight excluding hydrogens is 329 g/mol. The third-order valence-electron chi connectivity index (χ3n) is 2.54. The fourth-order valence-electron chi connectivity index (χ4n) is 1.38. The lowest BCUT2D eigenvalue weighted by molar-refractivity contribution is 0.0776. The molecule has 0 unspecified atom stereocenters. The quantitative estimate of drug-likeness (QED) is 0.318. The first-order valence-corrected chi connectivity index (χ1v) is 6.28. The van der Waals surface area contributed by atoms with Crippen LogP contribution in [0.5, 0.6) is 0 Å². The number of hydrogen-bond donors (Lipinski definition) is 2. The second kappa shape index (κ2) is 9.94. The number of guanidine groups is 1. The normalized spacial score (nSPS) is 15.6. The lowest BCUT2D eigenvalue weighted by Crippen LogP contribution is -2.39. The molecule has 1 aliphatic rings. The first kappa shape index (κ1) is 17.0. The summed E-state index contributed by atoms with van der Waals surface area (Å²) in [6.45, 7) is 6.90. The van der Waals surface area contributed by atoms with Crippen molar-refractivity contribution in [2.45, 2.75) is 39.2 Å². The lowest BCUT2D eigenvalue weighted by Gasteiger charge is -2.12. The van der Waals surface area contributed by atoms with Gasteiger partial charge in [-0.15, -0.1) is 24.0 Å². The van der Waals surface area contributed by atoms with Crippen LogP contribution in [0, 0.1) is 5.92 Å². The van der Waals surface area contributed by atoms with Crippen LogP contribution in [0.15, 0.2) is 4.99 Å². The van der Waals surface area contributed by atoms with Crippen LogP contribution in [0.1, 0.15) is 33.1 Å². The van der Waals surface area contributed by atoms with Gasteiger partial charge in [-0.05, 0) is 39.0 Å². The molecule has 0 aliphatic heterocycles. The second-order valence-corrected chi connectivity index (χ2v) is 4.60. The van der Waals surface area contributed by atoms with Gasteiger partial charge in [-0.2, -0.15) is 0 Å². The summed E-state index contributed by atoms with van der Waals surface area (Å²) in [5.41, 5.74) is 0. The highest BCUT2D eigenvalue weighted by Crippen LogP contribution is 2.27. The minimum atomic E-state index is 0. The summed E-state index contributed by atoms with van der Waals surface area (Å²) in [5.74, 6) is 1.79. The molecule has 0 aromatic heterocycles. The Morgan fingerprint density at radius 2 is 2.06 bits per heavy atom. The van der Waals surface area contributed by atoms with Crippen LogP contribution in [-0.2, 0) is 4.74 Å². The summed E-state index contributed by atoms with van der Waals surface area (Å²) >= 11 is 0. The van der Waals surface area contributed by atoms with E-state index >= 15 is 0 Å². The second-order valence-electron chi connectivity index (χ2n) is 4.60. The van der Waals surface area contributed by atoms with Crippen molar-refractivity contribution in [3.05, 3.63) is 0 Å². The van der Waals surface area contributed by atoms with E-state index in [1.54, 1.807) is 0 Å². The number of nitrogens with zero attached hydrogens (tertiary/aromatic N) is 1. The van der Waals surface area contributed by atoms with Crippen molar-refractivity contribution in [1.29, 1.82) is 0 Å². The molecule has 0 aromatic carbocycles. The van der Waals surface area contributed by atoms with Gasteiger partial charge in [0, 0.05) is 26.7 Å².